The molecule has 158 valence electrons. The minimum absolute atomic E-state index is 0.151. The van der Waals surface area contributed by atoms with Crippen LogP contribution in [-0.2, 0) is 9.59 Å². The second kappa shape index (κ2) is 9.77. The van der Waals surface area contributed by atoms with Gasteiger partial charge in [0.25, 0.3) is 5.91 Å². The molecule has 1 aliphatic heterocycles. The molecule has 0 bridgehead atoms. The Bertz CT molecular complexity index is 1070. The SMILES string of the molecule is C=CCN1C(=O)/C(=C/c2ccc(OCC(=O)O)cc2)SC1=Nc1ccc(C(=O)O)cc1. The van der Waals surface area contributed by atoms with E-state index in [4.69, 9.17) is 14.9 Å². The number of aromatic carboxylic acids is 1. The summed E-state index contributed by atoms with van der Waals surface area (Å²) in [6.45, 7) is 3.52. The number of aliphatic carboxylic acids is 1. The van der Waals surface area contributed by atoms with E-state index in [1.54, 1.807) is 48.6 Å². The highest BCUT2D eigenvalue weighted by atomic mass is 32.2. The first kappa shape index (κ1) is 21.8. The van der Waals surface area contributed by atoms with Crippen LogP contribution < -0.4 is 4.74 Å². The Morgan fingerprint density at radius 2 is 1.77 bits per heavy atom. The smallest absolute Gasteiger partial charge is 0.341 e. The van der Waals surface area contributed by atoms with E-state index in [1.165, 1.54) is 28.8 Å². The maximum absolute atomic E-state index is 12.8. The van der Waals surface area contributed by atoms with Gasteiger partial charge < -0.3 is 14.9 Å². The molecule has 0 aromatic heterocycles. The van der Waals surface area contributed by atoms with Crippen molar-refractivity contribution >= 4 is 46.5 Å². The van der Waals surface area contributed by atoms with Crippen molar-refractivity contribution in [3.05, 3.63) is 77.2 Å². The first-order valence-electron chi connectivity index (χ1n) is 9.06. The van der Waals surface area contributed by atoms with Crippen molar-refractivity contribution in [1.29, 1.82) is 0 Å². The predicted molar refractivity (Wildman–Crippen MR) is 118 cm³/mol. The minimum Gasteiger partial charge on any atom is -0.482 e. The standard InChI is InChI=1S/C22H18N2O6S/c1-2-11-24-20(27)18(12-14-3-9-17(10-4-14)30-13-19(25)26)31-22(24)23-16-7-5-15(6-8-16)21(28)29/h2-10,12H,1,11,13H2,(H,25,26)(H,28,29)/b18-12-,23-22?. The number of thioether (sulfide) groups is 1. The van der Waals surface area contributed by atoms with Crippen molar-refractivity contribution in [3.8, 4) is 5.75 Å². The van der Waals surface area contributed by atoms with Crippen molar-refractivity contribution in [2.45, 2.75) is 0 Å². The van der Waals surface area contributed by atoms with E-state index in [2.05, 4.69) is 11.6 Å². The molecule has 8 nitrogen and oxygen atoms in total. The summed E-state index contributed by atoms with van der Waals surface area (Å²) >= 11 is 1.20. The summed E-state index contributed by atoms with van der Waals surface area (Å²) in [6.07, 6.45) is 3.30. The molecule has 0 radical (unpaired) electrons. The van der Waals surface area contributed by atoms with Gasteiger partial charge in [-0.3, -0.25) is 9.69 Å². The van der Waals surface area contributed by atoms with Crippen LogP contribution in [0.15, 0.2) is 71.1 Å². The molecule has 2 aromatic rings. The van der Waals surface area contributed by atoms with Crippen LogP contribution in [-0.4, -0.2) is 51.3 Å². The first-order valence-corrected chi connectivity index (χ1v) is 9.88. The second-order valence-electron chi connectivity index (χ2n) is 6.31. The molecular weight excluding hydrogens is 420 g/mol. The number of hydrogen-bond acceptors (Lipinski definition) is 6. The molecule has 1 heterocycles. The largest absolute Gasteiger partial charge is 0.482 e. The maximum Gasteiger partial charge on any atom is 0.341 e. The fourth-order valence-electron chi connectivity index (χ4n) is 2.63. The number of carbonyl (C=O) groups excluding carboxylic acids is 1. The van der Waals surface area contributed by atoms with Crippen molar-refractivity contribution in [2.24, 2.45) is 4.99 Å². The maximum atomic E-state index is 12.8. The molecule has 0 unspecified atom stereocenters. The zero-order chi connectivity index (χ0) is 22.4. The molecule has 1 fully saturated rings. The summed E-state index contributed by atoms with van der Waals surface area (Å²) in [6, 6.07) is 12.7. The number of benzene rings is 2. The molecule has 0 saturated carbocycles. The number of hydrogen-bond donors (Lipinski definition) is 2. The fraction of sp³-hybridized carbons (Fsp3) is 0.0909. The second-order valence-corrected chi connectivity index (χ2v) is 7.32. The molecule has 9 heteroatoms. The van der Waals surface area contributed by atoms with Crippen LogP contribution in [0.2, 0.25) is 0 Å². The third-order valence-corrected chi connectivity index (χ3v) is 5.09. The summed E-state index contributed by atoms with van der Waals surface area (Å²) in [7, 11) is 0. The monoisotopic (exact) mass is 438 g/mol. The van der Waals surface area contributed by atoms with Crippen molar-refractivity contribution in [2.75, 3.05) is 13.2 Å². The molecule has 0 spiro atoms. The highest BCUT2D eigenvalue weighted by molar-refractivity contribution is 8.18. The van der Waals surface area contributed by atoms with Crippen LogP contribution in [0.25, 0.3) is 6.08 Å². The van der Waals surface area contributed by atoms with Crippen LogP contribution in [0.4, 0.5) is 5.69 Å². The summed E-state index contributed by atoms with van der Waals surface area (Å²) in [5, 5.41) is 18.1. The third kappa shape index (κ3) is 5.61. The number of amidine groups is 1. The molecule has 31 heavy (non-hydrogen) atoms. The predicted octanol–water partition coefficient (Wildman–Crippen LogP) is 3.64. The molecule has 1 aliphatic rings. The molecule has 2 N–H and O–H groups in total. The van der Waals surface area contributed by atoms with Crippen molar-refractivity contribution in [1.82, 2.24) is 4.90 Å². The molecule has 1 saturated heterocycles. The molecule has 1 amide bonds. The van der Waals surface area contributed by atoms with Crippen LogP contribution in [0.1, 0.15) is 15.9 Å². The number of carboxylic acid groups (broad SMARTS) is 2. The van der Waals surface area contributed by atoms with Gasteiger partial charge in [0.1, 0.15) is 5.75 Å². The Balaban J connectivity index is 1.82. The average Bonchev–Trinajstić information content (AvgIpc) is 3.02. The van der Waals surface area contributed by atoms with Crippen LogP contribution in [0, 0.1) is 0 Å². The lowest BCUT2D eigenvalue weighted by molar-refractivity contribution is -0.139. The molecule has 0 atom stereocenters. The van der Waals surface area contributed by atoms with Crippen molar-refractivity contribution in [3.63, 3.8) is 0 Å². The lowest BCUT2D eigenvalue weighted by Crippen LogP contribution is -2.29. The highest BCUT2D eigenvalue weighted by Crippen LogP contribution is 2.34. The zero-order valence-corrected chi connectivity index (χ0v) is 17.0. The van der Waals surface area contributed by atoms with E-state index in [-0.39, 0.29) is 18.0 Å². The lowest BCUT2D eigenvalue weighted by Gasteiger charge is -2.12. The number of ether oxygens (including phenoxy) is 1. The van der Waals surface area contributed by atoms with Gasteiger partial charge in [-0.25, -0.2) is 14.6 Å². The Kier molecular flexibility index (Phi) is 6.88. The number of nitrogens with zero attached hydrogens (tertiary/aromatic N) is 2. The lowest BCUT2D eigenvalue weighted by atomic mass is 10.2. The van der Waals surface area contributed by atoms with Gasteiger partial charge in [-0.2, -0.15) is 0 Å². The number of aliphatic imine (C=N–C) groups is 1. The number of carbonyl (C=O) groups is 3. The van der Waals surface area contributed by atoms with E-state index in [9.17, 15) is 14.4 Å². The third-order valence-electron chi connectivity index (χ3n) is 4.08. The van der Waals surface area contributed by atoms with Gasteiger partial charge in [-0.05, 0) is 59.8 Å². The van der Waals surface area contributed by atoms with Gasteiger partial charge in [0, 0.05) is 6.54 Å². The number of rotatable bonds is 8. The minimum atomic E-state index is -1.06. The molecular formula is C22H18N2O6S. The van der Waals surface area contributed by atoms with E-state index in [0.29, 0.717) is 21.5 Å². The van der Waals surface area contributed by atoms with E-state index in [1.807, 2.05) is 0 Å². The topological polar surface area (TPSA) is 117 Å². The van der Waals surface area contributed by atoms with Gasteiger partial charge in [0.2, 0.25) is 0 Å². The van der Waals surface area contributed by atoms with Gasteiger partial charge in [-0.15, -0.1) is 6.58 Å². The zero-order valence-electron chi connectivity index (χ0n) is 16.2. The van der Waals surface area contributed by atoms with Crippen molar-refractivity contribution < 1.29 is 29.3 Å². The Labute approximate surface area is 182 Å². The molecule has 0 aliphatic carbocycles. The Morgan fingerprint density at radius 1 is 1.10 bits per heavy atom. The average molecular weight is 438 g/mol. The first-order chi connectivity index (χ1) is 14.9. The number of amides is 1. The summed E-state index contributed by atoms with van der Waals surface area (Å²) < 4.78 is 5.10. The number of carboxylic acids is 2. The quantitative estimate of drug-likeness (QED) is 0.477. The van der Waals surface area contributed by atoms with Gasteiger partial charge >= 0.3 is 11.9 Å². The summed E-state index contributed by atoms with van der Waals surface area (Å²) in [4.78, 5) is 40.8. The van der Waals surface area contributed by atoms with Gasteiger partial charge in [-0.1, -0.05) is 18.2 Å². The van der Waals surface area contributed by atoms with Gasteiger partial charge in [0.15, 0.2) is 11.8 Å². The molecule has 3 rings (SSSR count). The highest BCUT2D eigenvalue weighted by Gasteiger charge is 2.32. The van der Waals surface area contributed by atoms with Gasteiger partial charge in [0.05, 0.1) is 16.2 Å². The summed E-state index contributed by atoms with van der Waals surface area (Å²) in [5.74, 6) is -1.90. The Morgan fingerprint density at radius 3 is 2.35 bits per heavy atom. The van der Waals surface area contributed by atoms with E-state index < -0.39 is 18.5 Å². The van der Waals surface area contributed by atoms with E-state index >= 15 is 0 Å². The van der Waals surface area contributed by atoms with Crippen LogP contribution >= 0.6 is 11.8 Å². The van der Waals surface area contributed by atoms with E-state index in [0.717, 1.165) is 5.56 Å². The fourth-order valence-corrected chi connectivity index (χ4v) is 3.64. The molecule has 2 aromatic carbocycles. The van der Waals surface area contributed by atoms with Crippen LogP contribution in [0.3, 0.4) is 0 Å². The summed E-state index contributed by atoms with van der Waals surface area (Å²) in [5.41, 5.74) is 1.41. The normalized spacial score (nSPS) is 16.0. The Hall–Kier alpha value is -3.85. The van der Waals surface area contributed by atoms with Crippen LogP contribution in [0.5, 0.6) is 5.75 Å².